The predicted molar refractivity (Wildman–Crippen MR) is 90.6 cm³/mol. The fourth-order valence-electron chi connectivity index (χ4n) is 2.84. The van der Waals surface area contributed by atoms with Gasteiger partial charge < -0.3 is 4.74 Å². The number of hydrogen-bond acceptors (Lipinski definition) is 4. The van der Waals surface area contributed by atoms with E-state index in [-0.39, 0.29) is 5.91 Å². The summed E-state index contributed by atoms with van der Waals surface area (Å²) in [4.78, 5) is 18.8. The van der Waals surface area contributed by atoms with Gasteiger partial charge in [-0.2, -0.15) is 5.10 Å². The van der Waals surface area contributed by atoms with E-state index < -0.39 is 6.10 Å². The molecule has 0 radical (unpaired) electrons. The van der Waals surface area contributed by atoms with Crippen LogP contribution in [-0.4, -0.2) is 26.8 Å². The zero-order valence-corrected chi connectivity index (χ0v) is 15.4. The van der Waals surface area contributed by atoms with E-state index in [1.807, 2.05) is 38.6 Å². The van der Waals surface area contributed by atoms with Crippen molar-refractivity contribution in [2.24, 2.45) is 7.05 Å². The SMILES string of the molecule is Cc1cc(Br)nc2c1O[C@H](C)C(=O)N2Cc1c(C)nn(C)c1C. The number of fused-ring (bicyclic) bond motifs is 1. The molecule has 0 bridgehead atoms. The van der Waals surface area contributed by atoms with E-state index in [9.17, 15) is 4.79 Å². The van der Waals surface area contributed by atoms with Gasteiger partial charge in [0.2, 0.25) is 0 Å². The molecule has 122 valence electrons. The highest BCUT2D eigenvalue weighted by Crippen LogP contribution is 2.38. The highest BCUT2D eigenvalue weighted by atomic mass is 79.9. The number of hydrogen-bond donors (Lipinski definition) is 0. The standard InChI is InChI=1S/C16H19BrN4O2/c1-8-6-13(17)18-15-14(8)23-11(4)16(22)21(15)7-12-9(2)19-20(5)10(12)3/h6,11H,7H2,1-5H3/t11-/m1/s1. The van der Waals surface area contributed by atoms with E-state index in [1.165, 1.54) is 0 Å². The lowest BCUT2D eigenvalue weighted by atomic mass is 10.1. The largest absolute Gasteiger partial charge is 0.477 e. The van der Waals surface area contributed by atoms with Gasteiger partial charge in [0.1, 0.15) is 4.60 Å². The van der Waals surface area contributed by atoms with Gasteiger partial charge in [-0.15, -0.1) is 0 Å². The smallest absolute Gasteiger partial charge is 0.269 e. The lowest BCUT2D eigenvalue weighted by molar-refractivity contribution is -0.125. The van der Waals surface area contributed by atoms with E-state index in [0.29, 0.717) is 22.7 Å². The molecule has 3 rings (SSSR count). The zero-order valence-electron chi connectivity index (χ0n) is 13.8. The summed E-state index contributed by atoms with van der Waals surface area (Å²) >= 11 is 3.40. The van der Waals surface area contributed by atoms with Gasteiger partial charge in [-0.25, -0.2) is 4.98 Å². The van der Waals surface area contributed by atoms with Crippen molar-refractivity contribution in [1.82, 2.24) is 14.8 Å². The van der Waals surface area contributed by atoms with E-state index in [1.54, 1.807) is 11.8 Å². The molecule has 7 heteroatoms. The van der Waals surface area contributed by atoms with Crippen LogP contribution < -0.4 is 9.64 Å². The lowest BCUT2D eigenvalue weighted by Crippen LogP contribution is -2.45. The Morgan fingerprint density at radius 1 is 1.35 bits per heavy atom. The molecule has 23 heavy (non-hydrogen) atoms. The number of carbonyl (C=O) groups excluding carboxylic acids is 1. The first-order valence-corrected chi connectivity index (χ1v) is 8.23. The van der Waals surface area contributed by atoms with Gasteiger partial charge >= 0.3 is 0 Å². The number of aryl methyl sites for hydroxylation is 3. The second-order valence-corrected chi connectivity index (χ2v) is 6.68. The molecule has 0 aliphatic carbocycles. The molecule has 6 nitrogen and oxygen atoms in total. The second-order valence-electron chi connectivity index (χ2n) is 5.87. The number of anilines is 1. The Bertz CT molecular complexity index is 800. The van der Waals surface area contributed by atoms with Gasteiger partial charge in [-0.1, -0.05) is 0 Å². The first-order chi connectivity index (χ1) is 10.8. The Labute approximate surface area is 143 Å². The average Bonchev–Trinajstić information content (AvgIpc) is 2.71. The van der Waals surface area contributed by atoms with E-state index in [4.69, 9.17) is 4.74 Å². The van der Waals surface area contributed by atoms with Crippen molar-refractivity contribution < 1.29 is 9.53 Å². The molecule has 0 N–H and O–H groups in total. The van der Waals surface area contributed by atoms with Gasteiger partial charge in [-0.3, -0.25) is 14.4 Å². The number of carbonyl (C=O) groups is 1. The number of ether oxygens (including phenoxy) is 1. The summed E-state index contributed by atoms with van der Waals surface area (Å²) in [6, 6.07) is 1.89. The average molecular weight is 379 g/mol. The molecule has 2 aromatic heterocycles. The molecule has 0 aromatic carbocycles. The third-order valence-corrected chi connectivity index (χ3v) is 4.66. The van der Waals surface area contributed by atoms with Crippen LogP contribution in [0.1, 0.15) is 29.4 Å². The number of rotatable bonds is 2. The van der Waals surface area contributed by atoms with Crippen molar-refractivity contribution in [1.29, 1.82) is 0 Å². The van der Waals surface area contributed by atoms with Gasteiger partial charge in [0.15, 0.2) is 17.7 Å². The summed E-state index contributed by atoms with van der Waals surface area (Å²) in [6.07, 6.45) is -0.526. The molecule has 0 unspecified atom stereocenters. The van der Waals surface area contributed by atoms with Gasteiger partial charge in [0.05, 0.1) is 12.2 Å². The van der Waals surface area contributed by atoms with Crippen molar-refractivity contribution in [3.05, 3.63) is 33.2 Å². The molecule has 1 aliphatic heterocycles. The second kappa shape index (κ2) is 5.63. The molecule has 1 amide bonds. The summed E-state index contributed by atoms with van der Waals surface area (Å²) in [7, 11) is 1.91. The fraction of sp³-hybridized carbons (Fsp3) is 0.438. The highest BCUT2D eigenvalue weighted by molar-refractivity contribution is 9.10. The third-order valence-electron chi connectivity index (χ3n) is 4.25. The van der Waals surface area contributed by atoms with Crippen LogP contribution >= 0.6 is 15.9 Å². The third kappa shape index (κ3) is 2.63. The Morgan fingerprint density at radius 2 is 2.04 bits per heavy atom. The van der Waals surface area contributed by atoms with Crippen LogP contribution in [0.3, 0.4) is 0 Å². The first kappa shape index (κ1) is 16.0. The minimum atomic E-state index is -0.526. The summed E-state index contributed by atoms with van der Waals surface area (Å²) in [5.41, 5.74) is 3.96. The minimum Gasteiger partial charge on any atom is -0.477 e. The summed E-state index contributed by atoms with van der Waals surface area (Å²) in [5.74, 6) is 1.13. The Hall–Kier alpha value is -1.89. The molecule has 1 atom stereocenters. The normalized spacial score (nSPS) is 17.2. The number of nitrogens with zero attached hydrogens (tertiary/aromatic N) is 4. The highest BCUT2D eigenvalue weighted by Gasteiger charge is 2.35. The number of aromatic nitrogens is 3. The van der Waals surface area contributed by atoms with Crippen LogP contribution in [0.4, 0.5) is 5.82 Å². The molecular formula is C16H19BrN4O2. The van der Waals surface area contributed by atoms with Gasteiger partial charge in [-0.05, 0) is 55.3 Å². The summed E-state index contributed by atoms with van der Waals surface area (Å²) in [5, 5.41) is 4.43. The minimum absolute atomic E-state index is 0.0925. The van der Waals surface area contributed by atoms with Crippen LogP contribution in [0.5, 0.6) is 5.75 Å². The number of halogens is 1. The quantitative estimate of drug-likeness (QED) is 0.753. The zero-order chi connectivity index (χ0) is 16.9. The number of pyridine rings is 1. The Kier molecular flexibility index (Phi) is 3.91. The maximum Gasteiger partial charge on any atom is 0.269 e. The number of amides is 1. The topological polar surface area (TPSA) is 60.2 Å². The first-order valence-electron chi connectivity index (χ1n) is 7.43. The van der Waals surface area contributed by atoms with Crippen LogP contribution in [0, 0.1) is 20.8 Å². The van der Waals surface area contributed by atoms with Crippen molar-refractivity contribution in [2.75, 3.05) is 4.90 Å². The van der Waals surface area contributed by atoms with E-state index >= 15 is 0 Å². The molecular weight excluding hydrogens is 360 g/mol. The monoisotopic (exact) mass is 378 g/mol. The van der Waals surface area contributed by atoms with Gasteiger partial charge in [0, 0.05) is 18.3 Å². The van der Waals surface area contributed by atoms with Crippen LogP contribution in [-0.2, 0) is 18.4 Å². The van der Waals surface area contributed by atoms with Crippen molar-refractivity contribution in [3.63, 3.8) is 0 Å². The Balaban J connectivity index is 2.10. The van der Waals surface area contributed by atoms with E-state index in [2.05, 4.69) is 26.0 Å². The molecule has 0 fully saturated rings. The predicted octanol–water partition coefficient (Wildman–Crippen LogP) is 2.82. The molecule has 2 aromatic rings. The van der Waals surface area contributed by atoms with E-state index in [0.717, 1.165) is 22.5 Å². The summed E-state index contributed by atoms with van der Waals surface area (Å²) in [6.45, 7) is 8.12. The van der Waals surface area contributed by atoms with Crippen molar-refractivity contribution in [3.8, 4) is 5.75 Å². The molecule has 1 aliphatic rings. The summed E-state index contributed by atoms with van der Waals surface area (Å²) < 4.78 is 8.29. The Morgan fingerprint density at radius 3 is 2.65 bits per heavy atom. The van der Waals surface area contributed by atoms with Gasteiger partial charge in [0.25, 0.3) is 5.91 Å². The van der Waals surface area contributed by atoms with Crippen LogP contribution in [0.2, 0.25) is 0 Å². The molecule has 3 heterocycles. The molecule has 0 saturated heterocycles. The van der Waals surface area contributed by atoms with Crippen molar-refractivity contribution >= 4 is 27.7 Å². The maximum absolute atomic E-state index is 12.7. The van der Waals surface area contributed by atoms with Crippen LogP contribution in [0.25, 0.3) is 0 Å². The maximum atomic E-state index is 12.7. The lowest BCUT2D eigenvalue weighted by Gasteiger charge is -2.33. The van der Waals surface area contributed by atoms with Crippen molar-refractivity contribution in [2.45, 2.75) is 40.3 Å². The fourth-order valence-corrected chi connectivity index (χ4v) is 3.35. The molecule has 0 saturated carbocycles. The molecule has 0 spiro atoms. The van der Waals surface area contributed by atoms with Crippen LogP contribution in [0.15, 0.2) is 10.7 Å².